The maximum atomic E-state index is 12.9. The van der Waals surface area contributed by atoms with Gasteiger partial charge in [0, 0.05) is 30.1 Å². The molecule has 9 heteroatoms. The molecule has 0 radical (unpaired) electrons. The number of nitrogens with zero attached hydrogens (tertiary/aromatic N) is 1. The molecule has 1 atom stereocenters. The number of ether oxygens (including phenoxy) is 1. The number of amides is 1. The first-order chi connectivity index (χ1) is 17.0. The maximum absolute atomic E-state index is 12.9. The number of methoxy groups -OCH3 is 1. The summed E-state index contributed by atoms with van der Waals surface area (Å²) in [5, 5.41) is 11.1. The van der Waals surface area contributed by atoms with Crippen molar-refractivity contribution in [1.82, 2.24) is 0 Å². The molecular formula is C26H22N4O4S. The Labute approximate surface area is 205 Å². The van der Waals surface area contributed by atoms with E-state index in [9.17, 15) is 14.4 Å². The van der Waals surface area contributed by atoms with E-state index in [4.69, 9.17) is 4.74 Å². The summed E-state index contributed by atoms with van der Waals surface area (Å²) in [6, 6.07) is 16.9. The number of aliphatic imine (C=N–C) groups is 1. The standard InChI is InChI=1S/C26H22N4O4S/c1-34-24-21(22(31)23(24)32)29-16-6-8-17(9-7-16)30-26(33)25-20(11-13-35-25)28-14-15-10-12-27-19-5-3-2-4-18(15)19/h2-9,11-13,15,28-29H,10,14H2,1H3,(H,30,33). The van der Waals surface area contributed by atoms with Crippen LogP contribution in [-0.2, 0) is 0 Å². The summed E-state index contributed by atoms with van der Waals surface area (Å²) in [6.07, 6.45) is 2.79. The third-order valence-electron chi connectivity index (χ3n) is 5.89. The van der Waals surface area contributed by atoms with Crippen LogP contribution >= 0.6 is 11.3 Å². The highest BCUT2D eigenvalue weighted by Gasteiger charge is 2.22. The molecule has 0 bridgehead atoms. The summed E-state index contributed by atoms with van der Waals surface area (Å²) in [5.41, 5.74) is 3.08. The van der Waals surface area contributed by atoms with Gasteiger partial charge in [-0.2, -0.15) is 0 Å². The van der Waals surface area contributed by atoms with Gasteiger partial charge in [-0.15, -0.1) is 11.3 Å². The van der Waals surface area contributed by atoms with Crippen LogP contribution in [-0.4, -0.2) is 25.8 Å². The normalized spacial score (nSPS) is 14.4. The number of rotatable bonds is 8. The quantitative estimate of drug-likeness (QED) is 0.313. The summed E-state index contributed by atoms with van der Waals surface area (Å²) >= 11 is 1.37. The van der Waals surface area contributed by atoms with Crippen molar-refractivity contribution in [2.24, 2.45) is 4.99 Å². The van der Waals surface area contributed by atoms with Crippen molar-refractivity contribution in [2.75, 3.05) is 29.6 Å². The third kappa shape index (κ3) is 4.45. The van der Waals surface area contributed by atoms with Gasteiger partial charge in [0.1, 0.15) is 10.6 Å². The zero-order valence-corrected chi connectivity index (χ0v) is 19.6. The first-order valence-electron chi connectivity index (χ1n) is 11.0. The van der Waals surface area contributed by atoms with Gasteiger partial charge in [-0.3, -0.25) is 19.4 Å². The van der Waals surface area contributed by atoms with E-state index in [1.165, 1.54) is 24.0 Å². The van der Waals surface area contributed by atoms with E-state index in [0.717, 1.165) is 17.8 Å². The average molecular weight is 487 g/mol. The number of carbonyl (C=O) groups excluding carboxylic acids is 1. The largest absolute Gasteiger partial charge is 0.491 e. The monoisotopic (exact) mass is 486 g/mol. The van der Waals surface area contributed by atoms with E-state index in [1.807, 2.05) is 35.9 Å². The van der Waals surface area contributed by atoms with Gasteiger partial charge >= 0.3 is 0 Å². The van der Waals surface area contributed by atoms with E-state index < -0.39 is 10.9 Å². The summed E-state index contributed by atoms with van der Waals surface area (Å²) < 4.78 is 4.94. The Morgan fingerprint density at radius 2 is 1.83 bits per heavy atom. The highest BCUT2D eigenvalue weighted by molar-refractivity contribution is 7.12. The van der Waals surface area contributed by atoms with E-state index >= 15 is 0 Å². The lowest BCUT2D eigenvalue weighted by Gasteiger charge is -2.21. The van der Waals surface area contributed by atoms with Crippen molar-refractivity contribution in [3.8, 4) is 5.75 Å². The minimum absolute atomic E-state index is 0.0223. The summed E-state index contributed by atoms with van der Waals surface area (Å²) in [4.78, 5) is 41.2. The number of nitrogens with one attached hydrogen (secondary N) is 3. The van der Waals surface area contributed by atoms with E-state index in [1.54, 1.807) is 24.3 Å². The Morgan fingerprint density at radius 3 is 2.63 bits per heavy atom. The molecule has 176 valence electrons. The number of thiophene rings is 1. The molecule has 3 N–H and O–H groups in total. The van der Waals surface area contributed by atoms with Crippen molar-refractivity contribution in [3.63, 3.8) is 0 Å². The molecule has 0 saturated heterocycles. The third-order valence-corrected chi connectivity index (χ3v) is 6.80. The van der Waals surface area contributed by atoms with Gasteiger partial charge in [0.05, 0.1) is 18.5 Å². The number of para-hydroxylation sites is 1. The molecule has 1 unspecified atom stereocenters. The molecule has 1 aliphatic rings. The number of hydrogen-bond acceptors (Lipinski definition) is 8. The Hall–Kier alpha value is -4.24. The fourth-order valence-electron chi connectivity index (χ4n) is 4.05. The minimum Gasteiger partial charge on any atom is -0.491 e. The van der Waals surface area contributed by atoms with Crippen molar-refractivity contribution < 1.29 is 9.53 Å². The first-order valence-corrected chi connectivity index (χ1v) is 11.9. The second kappa shape index (κ2) is 9.55. The van der Waals surface area contributed by atoms with Crippen molar-refractivity contribution in [3.05, 3.63) is 90.9 Å². The molecule has 35 heavy (non-hydrogen) atoms. The highest BCUT2D eigenvalue weighted by atomic mass is 32.1. The lowest BCUT2D eigenvalue weighted by molar-refractivity contribution is 0.103. The fraction of sp³-hybridized carbons (Fsp3) is 0.154. The van der Waals surface area contributed by atoms with Gasteiger partial charge < -0.3 is 20.7 Å². The Bertz CT molecular complexity index is 1480. The molecule has 1 amide bonds. The predicted molar refractivity (Wildman–Crippen MR) is 140 cm³/mol. The van der Waals surface area contributed by atoms with E-state index in [2.05, 4.69) is 27.0 Å². The fourth-order valence-corrected chi connectivity index (χ4v) is 4.82. The molecule has 8 nitrogen and oxygen atoms in total. The number of benzene rings is 2. The molecule has 0 fully saturated rings. The summed E-state index contributed by atoms with van der Waals surface area (Å²) in [5.74, 6) is 0.0956. The molecule has 5 rings (SSSR count). The lowest BCUT2D eigenvalue weighted by atomic mass is 9.92. The molecule has 1 aromatic heterocycles. The van der Waals surface area contributed by atoms with Crippen LogP contribution in [0.4, 0.5) is 28.4 Å². The van der Waals surface area contributed by atoms with Crippen LogP contribution < -0.4 is 31.5 Å². The molecule has 1 aliphatic heterocycles. The topological polar surface area (TPSA) is 109 Å². The number of anilines is 4. The van der Waals surface area contributed by atoms with E-state index in [0.29, 0.717) is 22.8 Å². The summed E-state index contributed by atoms with van der Waals surface area (Å²) in [7, 11) is 1.34. The number of fused-ring (bicyclic) bond motifs is 1. The van der Waals surface area contributed by atoms with Crippen LogP contribution in [0.1, 0.15) is 27.6 Å². The maximum Gasteiger partial charge on any atom is 0.272 e. The van der Waals surface area contributed by atoms with Gasteiger partial charge in [-0.1, -0.05) is 18.2 Å². The molecule has 0 saturated carbocycles. The molecular weight excluding hydrogens is 464 g/mol. The lowest BCUT2D eigenvalue weighted by Crippen LogP contribution is -2.34. The summed E-state index contributed by atoms with van der Waals surface area (Å²) in [6.45, 7) is 0.695. The van der Waals surface area contributed by atoms with Gasteiger partial charge in [-0.25, -0.2) is 0 Å². The minimum atomic E-state index is -0.639. The van der Waals surface area contributed by atoms with Crippen LogP contribution in [0, 0.1) is 0 Å². The van der Waals surface area contributed by atoms with Crippen LogP contribution in [0.25, 0.3) is 0 Å². The van der Waals surface area contributed by atoms with Gasteiger partial charge in [-0.05, 0) is 53.8 Å². The second-order valence-corrected chi connectivity index (χ2v) is 8.99. The van der Waals surface area contributed by atoms with Crippen molar-refractivity contribution in [2.45, 2.75) is 12.3 Å². The highest BCUT2D eigenvalue weighted by Crippen LogP contribution is 2.33. The average Bonchev–Trinajstić information content (AvgIpc) is 3.37. The Kier molecular flexibility index (Phi) is 6.15. The number of carbonyl (C=O) groups is 1. The first kappa shape index (κ1) is 22.5. The number of hydrogen-bond donors (Lipinski definition) is 3. The molecule has 0 spiro atoms. The zero-order chi connectivity index (χ0) is 24.4. The molecule has 0 aliphatic carbocycles. The van der Waals surface area contributed by atoms with Gasteiger partial charge in [0.25, 0.3) is 16.8 Å². The SMILES string of the molecule is COc1c(Nc2ccc(NC(=O)c3sccc3NCC3CC=Nc4ccccc43)cc2)c(=O)c1=O. The van der Waals surface area contributed by atoms with Crippen molar-refractivity contribution >= 4 is 51.9 Å². The van der Waals surface area contributed by atoms with Crippen LogP contribution in [0.2, 0.25) is 0 Å². The van der Waals surface area contributed by atoms with E-state index in [-0.39, 0.29) is 23.3 Å². The molecule has 4 aromatic rings. The predicted octanol–water partition coefficient (Wildman–Crippen LogP) is 4.65. The van der Waals surface area contributed by atoms with Crippen LogP contribution in [0.15, 0.2) is 74.6 Å². The van der Waals surface area contributed by atoms with Crippen LogP contribution in [0.5, 0.6) is 5.75 Å². The Balaban J connectivity index is 1.22. The van der Waals surface area contributed by atoms with Crippen LogP contribution in [0.3, 0.4) is 0 Å². The molecule has 3 aromatic carbocycles. The smallest absolute Gasteiger partial charge is 0.272 e. The Morgan fingerprint density at radius 1 is 1.06 bits per heavy atom. The van der Waals surface area contributed by atoms with Gasteiger partial charge in [0.15, 0.2) is 5.75 Å². The van der Waals surface area contributed by atoms with Crippen molar-refractivity contribution in [1.29, 1.82) is 0 Å². The van der Waals surface area contributed by atoms with Gasteiger partial charge in [0.2, 0.25) is 0 Å². The second-order valence-electron chi connectivity index (χ2n) is 8.07. The molecule has 2 heterocycles. The zero-order valence-electron chi connectivity index (χ0n) is 18.8.